The largest absolute Gasteiger partial charge is 0.363 e. The number of nitrogens with zero attached hydrogens (tertiary/aromatic N) is 7. The van der Waals surface area contributed by atoms with E-state index < -0.39 is 0 Å². The fourth-order valence-corrected chi connectivity index (χ4v) is 3.21. The number of hydrogen-bond donors (Lipinski definition) is 1. The molecule has 0 spiro atoms. The second kappa shape index (κ2) is 7.11. The van der Waals surface area contributed by atoms with Crippen LogP contribution in [0.15, 0.2) is 35.1 Å². The molecule has 0 aliphatic carbocycles. The van der Waals surface area contributed by atoms with Crippen molar-refractivity contribution in [1.29, 1.82) is 0 Å². The molecule has 1 fully saturated rings. The Bertz CT molecular complexity index is 917. The molecule has 1 saturated heterocycles. The summed E-state index contributed by atoms with van der Waals surface area (Å²) in [6.45, 7) is 4.81. The van der Waals surface area contributed by atoms with E-state index in [4.69, 9.17) is 4.52 Å². The third-order valence-corrected chi connectivity index (χ3v) is 4.71. The lowest BCUT2D eigenvalue weighted by atomic mass is 10.2. The van der Waals surface area contributed by atoms with Crippen molar-refractivity contribution in [3.8, 4) is 11.6 Å². The molecule has 0 bridgehead atoms. The maximum Gasteiger partial charge on any atom is 0.292 e. The highest BCUT2D eigenvalue weighted by molar-refractivity contribution is 5.63. The maximum absolute atomic E-state index is 11.3. The van der Waals surface area contributed by atoms with Crippen LogP contribution >= 0.6 is 0 Å². The fraction of sp³-hybridized carbons (Fsp3) is 0.375. The molecule has 4 rings (SSSR count). The summed E-state index contributed by atoms with van der Waals surface area (Å²) in [6, 6.07) is 6.76. The van der Waals surface area contributed by atoms with Gasteiger partial charge in [-0.25, -0.2) is 4.98 Å². The summed E-state index contributed by atoms with van der Waals surface area (Å²) in [7, 11) is 0. The van der Waals surface area contributed by atoms with E-state index in [9.17, 15) is 10.1 Å². The van der Waals surface area contributed by atoms with Gasteiger partial charge < -0.3 is 9.42 Å². The van der Waals surface area contributed by atoms with Crippen LogP contribution in [0.25, 0.3) is 11.6 Å². The van der Waals surface area contributed by atoms with E-state index in [0.717, 1.165) is 13.1 Å². The molecular weight excluding hydrogens is 352 g/mol. The van der Waals surface area contributed by atoms with E-state index in [1.54, 1.807) is 12.1 Å². The molecule has 1 N–H and O–H groups in total. The minimum Gasteiger partial charge on any atom is -0.363 e. The van der Waals surface area contributed by atoms with Gasteiger partial charge in [0.15, 0.2) is 5.82 Å². The molecule has 11 heteroatoms. The summed E-state index contributed by atoms with van der Waals surface area (Å²) < 4.78 is 5.37. The van der Waals surface area contributed by atoms with E-state index in [0.29, 0.717) is 36.3 Å². The number of aromatic nitrogens is 5. The van der Waals surface area contributed by atoms with Gasteiger partial charge in [0.1, 0.15) is 12.0 Å². The Morgan fingerprint density at radius 1 is 1.26 bits per heavy atom. The highest BCUT2D eigenvalue weighted by Crippen LogP contribution is 2.30. The average Bonchev–Trinajstić information content (AvgIpc) is 3.39. The molecule has 0 saturated carbocycles. The third kappa shape index (κ3) is 3.36. The third-order valence-electron chi connectivity index (χ3n) is 4.71. The molecule has 0 radical (unpaired) electrons. The molecule has 1 atom stereocenters. The van der Waals surface area contributed by atoms with Crippen molar-refractivity contribution in [2.24, 2.45) is 0 Å². The molecule has 0 amide bonds. The van der Waals surface area contributed by atoms with Gasteiger partial charge in [0, 0.05) is 32.2 Å². The van der Waals surface area contributed by atoms with Crippen LogP contribution in [0.1, 0.15) is 18.9 Å². The van der Waals surface area contributed by atoms with Gasteiger partial charge >= 0.3 is 0 Å². The number of anilines is 1. The number of H-pyrrole nitrogens is 1. The van der Waals surface area contributed by atoms with Crippen LogP contribution in [0.2, 0.25) is 0 Å². The highest BCUT2D eigenvalue weighted by atomic mass is 16.6. The Labute approximate surface area is 154 Å². The minimum absolute atomic E-state index is 0.0675. The van der Waals surface area contributed by atoms with Crippen LogP contribution < -0.4 is 4.90 Å². The Balaban J connectivity index is 1.43. The van der Waals surface area contributed by atoms with Crippen molar-refractivity contribution < 1.29 is 9.45 Å². The van der Waals surface area contributed by atoms with E-state index in [2.05, 4.69) is 30.2 Å². The molecule has 140 valence electrons. The van der Waals surface area contributed by atoms with Gasteiger partial charge in [0.25, 0.3) is 5.69 Å². The number of nitro benzene ring substituents is 1. The molecule has 1 aliphatic rings. The Hall–Kier alpha value is -3.34. The predicted molar refractivity (Wildman–Crippen MR) is 95.0 cm³/mol. The zero-order chi connectivity index (χ0) is 18.8. The molecule has 0 unspecified atom stereocenters. The molecular formula is C16H18N8O3. The summed E-state index contributed by atoms with van der Waals surface area (Å²) in [6.07, 6.45) is 1.39. The standard InChI is InChI=1S/C16H18N8O3/c1-11(16-19-15(21-27-16)14-17-10-18-20-14)22-6-8-23(9-7-22)12-4-2-3-5-13(12)24(25)26/h2-5,10-11H,6-9H2,1H3,(H,17,18,20)/t11-/m1/s1. The van der Waals surface area contributed by atoms with Gasteiger partial charge in [0.05, 0.1) is 11.0 Å². The SMILES string of the molecule is C[C@H](c1nc(-c2ncn[nH]2)no1)N1CCN(c2ccccc2[N+](=O)[O-])CC1. The first-order valence-electron chi connectivity index (χ1n) is 8.55. The zero-order valence-electron chi connectivity index (χ0n) is 14.6. The lowest BCUT2D eigenvalue weighted by Crippen LogP contribution is -2.47. The molecule has 1 aliphatic heterocycles. The zero-order valence-corrected chi connectivity index (χ0v) is 14.6. The lowest BCUT2D eigenvalue weighted by molar-refractivity contribution is -0.384. The summed E-state index contributed by atoms with van der Waals surface area (Å²) >= 11 is 0. The number of para-hydroxylation sites is 2. The summed E-state index contributed by atoms with van der Waals surface area (Å²) in [4.78, 5) is 23.6. The number of aromatic amines is 1. The molecule has 1 aromatic carbocycles. The maximum atomic E-state index is 11.3. The van der Waals surface area contributed by atoms with E-state index in [1.807, 2.05) is 17.9 Å². The molecule has 2 aromatic heterocycles. The van der Waals surface area contributed by atoms with Crippen LogP contribution in [0.5, 0.6) is 0 Å². The van der Waals surface area contributed by atoms with Gasteiger partial charge in [-0.2, -0.15) is 10.1 Å². The number of rotatable bonds is 5. The molecule has 11 nitrogen and oxygen atoms in total. The summed E-state index contributed by atoms with van der Waals surface area (Å²) in [5.74, 6) is 1.33. The highest BCUT2D eigenvalue weighted by Gasteiger charge is 2.28. The van der Waals surface area contributed by atoms with Crippen molar-refractivity contribution >= 4 is 11.4 Å². The lowest BCUT2D eigenvalue weighted by Gasteiger charge is -2.37. The van der Waals surface area contributed by atoms with Crippen molar-refractivity contribution in [1.82, 2.24) is 30.2 Å². The number of hydrogen-bond acceptors (Lipinski definition) is 9. The monoisotopic (exact) mass is 370 g/mol. The molecule has 3 aromatic rings. The van der Waals surface area contributed by atoms with E-state index in [-0.39, 0.29) is 16.7 Å². The quantitative estimate of drug-likeness (QED) is 0.526. The predicted octanol–water partition coefficient (Wildman–Crippen LogP) is 1.65. The van der Waals surface area contributed by atoms with Gasteiger partial charge in [-0.1, -0.05) is 17.3 Å². The van der Waals surface area contributed by atoms with E-state index >= 15 is 0 Å². The first-order valence-corrected chi connectivity index (χ1v) is 8.55. The van der Waals surface area contributed by atoms with Crippen molar-refractivity contribution in [3.05, 3.63) is 46.6 Å². The smallest absolute Gasteiger partial charge is 0.292 e. The van der Waals surface area contributed by atoms with Crippen molar-refractivity contribution in [3.63, 3.8) is 0 Å². The first kappa shape index (κ1) is 17.1. The van der Waals surface area contributed by atoms with Crippen LogP contribution in [0, 0.1) is 10.1 Å². The fourth-order valence-electron chi connectivity index (χ4n) is 3.21. The van der Waals surface area contributed by atoms with Crippen molar-refractivity contribution in [2.75, 3.05) is 31.1 Å². The van der Waals surface area contributed by atoms with Crippen LogP contribution in [0.4, 0.5) is 11.4 Å². The topological polar surface area (TPSA) is 130 Å². The second-order valence-electron chi connectivity index (χ2n) is 6.24. The molecule has 27 heavy (non-hydrogen) atoms. The normalized spacial score (nSPS) is 16.4. The Kier molecular flexibility index (Phi) is 4.50. The van der Waals surface area contributed by atoms with Gasteiger partial charge in [-0.05, 0) is 13.0 Å². The van der Waals surface area contributed by atoms with Crippen LogP contribution in [-0.4, -0.2) is 61.3 Å². The van der Waals surface area contributed by atoms with Crippen LogP contribution in [-0.2, 0) is 0 Å². The van der Waals surface area contributed by atoms with E-state index in [1.165, 1.54) is 12.4 Å². The summed E-state index contributed by atoms with van der Waals surface area (Å²) in [5, 5.41) is 21.7. The summed E-state index contributed by atoms with van der Waals surface area (Å²) in [5.41, 5.74) is 0.785. The number of nitro groups is 1. The second-order valence-corrected chi connectivity index (χ2v) is 6.24. The average molecular weight is 370 g/mol. The van der Waals surface area contributed by atoms with Crippen LogP contribution in [0.3, 0.4) is 0 Å². The number of benzene rings is 1. The number of nitrogens with one attached hydrogen (secondary N) is 1. The molecule has 3 heterocycles. The Morgan fingerprint density at radius 2 is 2.04 bits per heavy atom. The van der Waals surface area contributed by atoms with Gasteiger partial charge in [-0.3, -0.25) is 20.1 Å². The Morgan fingerprint density at radius 3 is 2.74 bits per heavy atom. The first-order chi connectivity index (χ1) is 13.1. The minimum atomic E-state index is -0.339. The number of piperazine rings is 1. The van der Waals surface area contributed by atoms with Gasteiger partial charge in [-0.15, -0.1) is 0 Å². The van der Waals surface area contributed by atoms with Gasteiger partial charge in [0.2, 0.25) is 11.7 Å². The van der Waals surface area contributed by atoms with Crippen molar-refractivity contribution in [2.45, 2.75) is 13.0 Å².